The van der Waals surface area contributed by atoms with E-state index < -0.39 is 6.10 Å². The number of benzene rings is 1. The Balaban J connectivity index is 1.70. The molecule has 3 amide bonds. The summed E-state index contributed by atoms with van der Waals surface area (Å²) >= 11 is 0. The molecular weight excluding hydrogens is 346 g/mol. The van der Waals surface area contributed by atoms with Crippen molar-refractivity contribution in [1.82, 2.24) is 16.0 Å². The highest BCUT2D eigenvalue weighted by molar-refractivity contribution is 5.76. The molecule has 2 rings (SSSR count). The first-order valence-corrected chi connectivity index (χ1v) is 9.73. The molecular formula is C20H31N3O4. The van der Waals surface area contributed by atoms with Crippen LogP contribution in [0.3, 0.4) is 0 Å². The molecule has 0 radical (unpaired) electrons. The fraction of sp³-hybridized carbons (Fsp3) is 0.600. The second kappa shape index (κ2) is 11.6. The molecule has 1 aliphatic heterocycles. The van der Waals surface area contributed by atoms with Crippen molar-refractivity contribution >= 4 is 11.9 Å². The summed E-state index contributed by atoms with van der Waals surface area (Å²) in [5, 5.41) is 18.1. The Kier molecular flexibility index (Phi) is 9.07. The highest BCUT2D eigenvalue weighted by Gasteiger charge is 2.32. The molecule has 1 aliphatic rings. The van der Waals surface area contributed by atoms with Crippen LogP contribution >= 0.6 is 0 Å². The van der Waals surface area contributed by atoms with E-state index >= 15 is 0 Å². The topological polar surface area (TPSA) is 99.7 Å². The minimum atomic E-state index is -0.492. The number of carbonyl (C=O) groups is 2. The van der Waals surface area contributed by atoms with Gasteiger partial charge in [0.15, 0.2) is 0 Å². The zero-order valence-electron chi connectivity index (χ0n) is 15.9. The fourth-order valence-electron chi connectivity index (χ4n) is 3.17. The van der Waals surface area contributed by atoms with E-state index in [2.05, 4.69) is 16.0 Å². The Hall–Kier alpha value is -2.12. The van der Waals surface area contributed by atoms with Crippen LogP contribution in [0.15, 0.2) is 30.3 Å². The van der Waals surface area contributed by atoms with Gasteiger partial charge in [0, 0.05) is 13.1 Å². The number of hydrogen-bond donors (Lipinski definition) is 4. The van der Waals surface area contributed by atoms with Gasteiger partial charge in [-0.05, 0) is 31.2 Å². The summed E-state index contributed by atoms with van der Waals surface area (Å²) in [6.45, 7) is 2.98. The van der Waals surface area contributed by atoms with Crippen LogP contribution in [-0.2, 0) is 16.0 Å². The minimum absolute atomic E-state index is 0.0558. The molecule has 1 aromatic rings. The van der Waals surface area contributed by atoms with Crippen LogP contribution in [0.25, 0.3) is 0 Å². The SMILES string of the molecule is CCCNC(=O)N[C@@H]1CC[C@H](CC(=O)NCCc2ccccc2)O[C@H]1CO. The third-order valence-corrected chi connectivity index (χ3v) is 4.64. The summed E-state index contributed by atoms with van der Waals surface area (Å²) in [6, 6.07) is 9.50. The fourth-order valence-corrected chi connectivity index (χ4v) is 3.17. The Morgan fingerprint density at radius 3 is 2.63 bits per heavy atom. The van der Waals surface area contributed by atoms with E-state index in [1.807, 2.05) is 37.3 Å². The van der Waals surface area contributed by atoms with Crippen molar-refractivity contribution in [2.24, 2.45) is 0 Å². The Bertz CT molecular complexity index is 582. The van der Waals surface area contributed by atoms with Gasteiger partial charge in [0.1, 0.15) is 6.10 Å². The highest BCUT2D eigenvalue weighted by Crippen LogP contribution is 2.21. The van der Waals surface area contributed by atoms with Crippen molar-refractivity contribution in [2.45, 2.75) is 57.3 Å². The van der Waals surface area contributed by atoms with Crippen LogP contribution < -0.4 is 16.0 Å². The van der Waals surface area contributed by atoms with Crippen molar-refractivity contribution in [3.05, 3.63) is 35.9 Å². The summed E-state index contributed by atoms with van der Waals surface area (Å²) < 4.78 is 5.84. The van der Waals surface area contributed by atoms with E-state index in [0.29, 0.717) is 25.9 Å². The largest absolute Gasteiger partial charge is 0.394 e. The van der Waals surface area contributed by atoms with Crippen molar-refractivity contribution < 1.29 is 19.4 Å². The average Bonchev–Trinajstić information content (AvgIpc) is 2.68. The number of nitrogens with one attached hydrogen (secondary N) is 3. The summed E-state index contributed by atoms with van der Waals surface area (Å²) in [4.78, 5) is 23.9. The number of aliphatic hydroxyl groups excluding tert-OH is 1. The monoisotopic (exact) mass is 377 g/mol. The van der Waals surface area contributed by atoms with Gasteiger partial charge in [-0.2, -0.15) is 0 Å². The molecule has 0 saturated carbocycles. The maximum atomic E-state index is 12.1. The molecule has 27 heavy (non-hydrogen) atoms. The predicted molar refractivity (Wildman–Crippen MR) is 103 cm³/mol. The number of hydrogen-bond acceptors (Lipinski definition) is 4. The first-order valence-electron chi connectivity index (χ1n) is 9.73. The highest BCUT2D eigenvalue weighted by atomic mass is 16.5. The number of amides is 3. The van der Waals surface area contributed by atoms with Crippen LogP contribution in [-0.4, -0.2) is 55.0 Å². The lowest BCUT2D eigenvalue weighted by Crippen LogP contribution is -2.53. The lowest BCUT2D eigenvalue weighted by atomic mass is 9.97. The molecule has 1 heterocycles. The molecule has 0 aliphatic carbocycles. The van der Waals surface area contributed by atoms with Crippen molar-refractivity contribution in [3.63, 3.8) is 0 Å². The first-order chi connectivity index (χ1) is 13.1. The second-order valence-corrected chi connectivity index (χ2v) is 6.85. The number of urea groups is 1. The molecule has 3 atom stereocenters. The molecule has 4 N–H and O–H groups in total. The van der Waals surface area contributed by atoms with Crippen LogP contribution in [0.1, 0.15) is 38.2 Å². The molecule has 0 unspecified atom stereocenters. The van der Waals surface area contributed by atoms with Gasteiger partial charge >= 0.3 is 6.03 Å². The van der Waals surface area contributed by atoms with Crippen LogP contribution in [0.2, 0.25) is 0 Å². The van der Waals surface area contributed by atoms with Gasteiger partial charge in [0.2, 0.25) is 5.91 Å². The quantitative estimate of drug-likeness (QED) is 0.522. The maximum Gasteiger partial charge on any atom is 0.315 e. The van der Waals surface area contributed by atoms with Gasteiger partial charge in [-0.25, -0.2) is 4.79 Å². The van der Waals surface area contributed by atoms with Crippen molar-refractivity contribution in [1.29, 1.82) is 0 Å². The normalized spacial score (nSPS) is 22.1. The van der Waals surface area contributed by atoms with Gasteiger partial charge in [0.25, 0.3) is 0 Å². The molecule has 0 bridgehead atoms. The summed E-state index contributed by atoms with van der Waals surface area (Å²) in [5.41, 5.74) is 1.18. The summed E-state index contributed by atoms with van der Waals surface area (Å²) in [5.74, 6) is -0.0558. The molecule has 7 nitrogen and oxygen atoms in total. The molecule has 1 fully saturated rings. The van der Waals surface area contributed by atoms with E-state index in [4.69, 9.17) is 4.74 Å². The maximum absolute atomic E-state index is 12.1. The molecule has 150 valence electrons. The van der Waals surface area contributed by atoms with Crippen LogP contribution in [0.5, 0.6) is 0 Å². The minimum Gasteiger partial charge on any atom is -0.394 e. The van der Waals surface area contributed by atoms with Gasteiger partial charge in [0.05, 0.1) is 25.2 Å². The molecule has 1 aromatic carbocycles. The van der Waals surface area contributed by atoms with Gasteiger partial charge in [-0.3, -0.25) is 4.79 Å². The van der Waals surface area contributed by atoms with E-state index in [1.165, 1.54) is 5.56 Å². The number of carbonyl (C=O) groups excluding carboxylic acids is 2. The molecule has 1 saturated heterocycles. The second-order valence-electron chi connectivity index (χ2n) is 6.85. The smallest absolute Gasteiger partial charge is 0.315 e. The lowest BCUT2D eigenvalue weighted by molar-refractivity contribution is -0.130. The molecule has 0 spiro atoms. The van der Waals surface area contributed by atoms with Crippen LogP contribution in [0.4, 0.5) is 4.79 Å². The van der Waals surface area contributed by atoms with Crippen LogP contribution in [0, 0.1) is 0 Å². The predicted octanol–water partition coefficient (Wildman–Crippen LogP) is 1.35. The van der Waals surface area contributed by atoms with E-state index in [0.717, 1.165) is 12.8 Å². The Labute approximate surface area is 160 Å². The third-order valence-electron chi connectivity index (χ3n) is 4.64. The van der Waals surface area contributed by atoms with Gasteiger partial charge in [-0.1, -0.05) is 37.3 Å². The van der Waals surface area contributed by atoms with E-state index in [1.54, 1.807) is 0 Å². The van der Waals surface area contributed by atoms with E-state index in [-0.39, 0.29) is 37.1 Å². The Morgan fingerprint density at radius 1 is 1.15 bits per heavy atom. The van der Waals surface area contributed by atoms with Gasteiger partial charge < -0.3 is 25.8 Å². The zero-order chi connectivity index (χ0) is 19.5. The number of rotatable bonds is 9. The number of aliphatic hydroxyl groups is 1. The molecule has 7 heteroatoms. The summed E-state index contributed by atoms with van der Waals surface area (Å²) in [7, 11) is 0. The standard InChI is InChI=1S/C20H31N3O4/c1-2-11-22-20(26)23-17-9-8-16(27-18(17)14-24)13-19(25)21-12-10-15-6-4-3-5-7-15/h3-7,16-18,24H,2,8-14H2,1H3,(H,21,25)(H2,22,23,26)/t16-,17-,18+/m1/s1. The average molecular weight is 377 g/mol. The zero-order valence-corrected chi connectivity index (χ0v) is 15.9. The Morgan fingerprint density at radius 2 is 1.93 bits per heavy atom. The van der Waals surface area contributed by atoms with E-state index in [9.17, 15) is 14.7 Å². The van der Waals surface area contributed by atoms with Crippen molar-refractivity contribution in [2.75, 3.05) is 19.7 Å². The third kappa shape index (κ3) is 7.56. The summed E-state index contributed by atoms with van der Waals surface area (Å²) in [6.07, 6.45) is 2.52. The molecule has 0 aromatic heterocycles. The number of ether oxygens (including phenoxy) is 1. The lowest BCUT2D eigenvalue weighted by Gasteiger charge is -2.35. The first kappa shape index (κ1) is 21.2. The van der Waals surface area contributed by atoms with Crippen molar-refractivity contribution in [3.8, 4) is 0 Å². The van der Waals surface area contributed by atoms with Gasteiger partial charge in [-0.15, -0.1) is 0 Å².